The van der Waals surface area contributed by atoms with E-state index in [9.17, 15) is 9.66 Å². The third-order valence-corrected chi connectivity index (χ3v) is 6.79. The number of aliphatic hydroxyl groups excluding tert-OH is 1. The van der Waals surface area contributed by atoms with E-state index in [2.05, 4.69) is 36.2 Å². The number of nitrogens with zero attached hydrogens (tertiary/aromatic N) is 1. The largest absolute Gasteiger partial charge is 0.616 e. The van der Waals surface area contributed by atoms with Gasteiger partial charge < -0.3 is 9.66 Å². The van der Waals surface area contributed by atoms with Gasteiger partial charge in [0.2, 0.25) is 0 Å². The Morgan fingerprint density at radius 1 is 1.11 bits per heavy atom. The molecule has 0 heterocycles. The van der Waals surface area contributed by atoms with Gasteiger partial charge in [-0.1, -0.05) is 52.6 Å². The van der Waals surface area contributed by atoms with Crippen molar-refractivity contribution in [3.63, 3.8) is 0 Å². The summed E-state index contributed by atoms with van der Waals surface area (Å²) in [5.41, 5.74) is 4.80. The van der Waals surface area contributed by atoms with Crippen LogP contribution in [0.5, 0.6) is 0 Å². The average molecular weight is 426 g/mol. The molecule has 0 aliphatic heterocycles. The SMILES string of the molecule is CN(CCO)[C@H]1CC[C@@H](c2ccc(Cl)c(Cl)c2)c2ccc(C[S+](C)[O-])cc21. The Morgan fingerprint density at radius 3 is 2.56 bits per heavy atom. The molecule has 0 saturated heterocycles. The zero-order valence-corrected chi connectivity index (χ0v) is 17.9. The molecule has 0 bridgehead atoms. The number of halogens is 2. The summed E-state index contributed by atoms with van der Waals surface area (Å²) in [6.07, 6.45) is 3.73. The van der Waals surface area contributed by atoms with Crippen molar-refractivity contribution < 1.29 is 9.66 Å². The number of rotatable bonds is 6. The van der Waals surface area contributed by atoms with Crippen LogP contribution in [0.15, 0.2) is 36.4 Å². The first-order chi connectivity index (χ1) is 12.9. The minimum atomic E-state index is -0.879. The Balaban J connectivity index is 2.02. The summed E-state index contributed by atoms with van der Waals surface area (Å²) in [5, 5.41) is 10.5. The highest BCUT2D eigenvalue weighted by Gasteiger charge is 2.31. The molecule has 0 fully saturated rings. The third kappa shape index (κ3) is 4.81. The van der Waals surface area contributed by atoms with Crippen molar-refractivity contribution in [3.8, 4) is 0 Å². The lowest BCUT2D eigenvalue weighted by Gasteiger charge is -2.37. The number of aliphatic hydroxyl groups is 1. The minimum Gasteiger partial charge on any atom is -0.616 e. The summed E-state index contributed by atoms with van der Waals surface area (Å²) in [6, 6.07) is 12.6. The molecule has 0 spiro atoms. The van der Waals surface area contributed by atoms with Gasteiger partial charge in [-0.2, -0.15) is 0 Å². The number of hydrogen-bond donors (Lipinski definition) is 1. The van der Waals surface area contributed by atoms with Crippen molar-refractivity contribution in [2.45, 2.75) is 30.6 Å². The fraction of sp³-hybridized carbons (Fsp3) is 0.429. The summed E-state index contributed by atoms with van der Waals surface area (Å²) in [6.45, 7) is 0.767. The van der Waals surface area contributed by atoms with Gasteiger partial charge in [-0.25, -0.2) is 0 Å². The third-order valence-electron chi connectivity index (χ3n) is 5.32. The molecule has 2 aromatic rings. The normalized spacial score (nSPS) is 20.6. The van der Waals surface area contributed by atoms with Crippen LogP contribution < -0.4 is 0 Å². The first-order valence-corrected chi connectivity index (χ1v) is 11.6. The molecule has 0 saturated carbocycles. The Labute approximate surface area is 174 Å². The van der Waals surface area contributed by atoms with E-state index >= 15 is 0 Å². The Kier molecular flexibility index (Phi) is 7.12. The van der Waals surface area contributed by atoms with E-state index in [1.165, 1.54) is 16.7 Å². The molecule has 27 heavy (non-hydrogen) atoms. The number of benzene rings is 2. The first kappa shape index (κ1) is 21.0. The quantitative estimate of drug-likeness (QED) is 0.678. The van der Waals surface area contributed by atoms with Gasteiger partial charge in [-0.05, 0) is 54.8 Å². The highest BCUT2D eigenvalue weighted by molar-refractivity contribution is 7.89. The van der Waals surface area contributed by atoms with Crippen LogP contribution in [0.25, 0.3) is 0 Å². The molecule has 6 heteroatoms. The molecule has 3 rings (SSSR count). The second-order valence-electron chi connectivity index (χ2n) is 7.20. The second-order valence-corrected chi connectivity index (χ2v) is 9.45. The van der Waals surface area contributed by atoms with Crippen molar-refractivity contribution in [2.24, 2.45) is 0 Å². The standard InChI is InChI=1S/C21H25Cl2NO2S/c1-24(9-10-25)21-8-6-16(15-4-7-19(22)20(23)12-15)17-5-3-14(11-18(17)21)13-27(2)26/h3-5,7,11-12,16,21,25H,6,8-10,13H2,1-2H3/t16-,21-,27?/m0/s1. The molecule has 1 N–H and O–H groups in total. The predicted molar refractivity (Wildman–Crippen MR) is 114 cm³/mol. The highest BCUT2D eigenvalue weighted by atomic mass is 35.5. The molecule has 1 aliphatic rings. The van der Waals surface area contributed by atoms with Crippen LogP contribution in [0.4, 0.5) is 0 Å². The van der Waals surface area contributed by atoms with Gasteiger partial charge in [0.15, 0.2) is 0 Å². The topological polar surface area (TPSA) is 46.5 Å². The van der Waals surface area contributed by atoms with E-state index in [4.69, 9.17) is 23.2 Å². The molecule has 1 aliphatic carbocycles. The second kappa shape index (κ2) is 9.17. The van der Waals surface area contributed by atoms with Gasteiger partial charge in [-0.3, -0.25) is 4.90 Å². The zero-order chi connectivity index (χ0) is 19.6. The van der Waals surface area contributed by atoms with Crippen LogP contribution in [0, 0.1) is 0 Å². The van der Waals surface area contributed by atoms with Gasteiger partial charge in [-0.15, -0.1) is 0 Å². The van der Waals surface area contributed by atoms with Gasteiger partial charge in [0.1, 0.15) is 5.75 Å². The maximum Gasteiger partial charge on any atom is 0.130 e. The van der Waals surface area contributed by atoms with E-state index in [0.717, 1.165) is 18.4 Å². The van der Waals surface area contributed by atoms with E-state index in [-0.39, 0.29) is 18.6 Å². The monoisotopic (exact) mass is 425 g/mol. The van der Waals surface area contributed by atoms with Gasteiger partial charge in [0, 0.05) is 24.1 Å². The van der Waals surface area contributed by atoms with Gasteiger partial charge in [0.05, 0.1) is 22.9 Å². The summed E-state index contributed by atoms with van der Waals surface area (Å²) in [7, 11) is 2.05. The van der Waals surface area contributed by atoms with E-state index in [1.807, 2.05) is 12.1 Å². The van der Waals surface area contributed by atoms with E-state index in [1.54, 1.807) is 6.26 Å². The maximum atomic E-state index is 11.7. The van der Waals surface area contributed by atoms with Crippen molar-refractivity contribution in [2.75, 3.05) is 26.5 Å². The van der Waals surface area contributed by atoms with Crippen molar-refractivity contribution in [1.29, 1.82) is 0 Å². The summed E-state index contributed by atoms with van der Waals surface area (Å²) >= 11 is 11.5. The number of fused-ring (bicyclic) bond motifs is 1. The van der Waals surface area contributed by atoms with Crippen LogP contribution in [-0.4, -0.2) is 41.0 Å². The lowest BCUT2D eigenvalue weighted by atomic mass is 9.76. The highest BCUT2D eigenvalue weighted by Crippen LogP contribution is 2.44. The fourth-order valence-corrected chi connectivity index (χ4v) is 4.99. The van der Waals surface area contributed by atoms with Crippen molar-refractivity contribution in [1.82, 2.24) is 4.90 Å². The van der Waals surface area contributed by atoms with Crippen LogP contribution in [0.1, 0.15) is 47.1 Å². The molecule has 0 radical (unpaired) electrons. The Morgan fingerprint density at radius 2 is 1.89 bits per heavy atom. The van der Waals surface area contributed by atoms with Crippen LogP contribution >= 0.6 is 23.2 Å². The van der Waals surface area contributed by atoms with Crippen molar-refractivity contribution in [3.05, 3.63) is 68.7 Å². The minimum absolute atomic E-state index is 0.136. The zero-order valence-electron chi connectivity index (χ0n) is 15.6. The molecule has 0 aromatic heterocycles. The van der Waals surface area contributed by atoms with E-state index in [0.29, 0.717) is 22.3 Å². The summed E-state index contributed by atoms with van der Waals surface area (Å²) in [5.74, 6) is 0.816. The van der Waals surface area contributed by atoms with Gasteiger partial charge >= 0.3 is 0 Å². The predicted octanol–water partition coefficient (Wildman–Crippen LogP) is 4.76. The maximum absolute atomic E-state index is 11.7. The summed E-state index contributed by atoms with van der Waals surface area (Å²) < 4.78 is 11.7. The molecular formula is C21H25Cl2NO2S. The lowest BCUT2D eigenvalue weighted by Crippen LogP contribution is -2.31. The molecular weight excluding hydrogens is 401 g/mol. The molecule has 1 unspecified atom stereocenters. The van der Waals surface area contributed by atoms with Crippen LogP contribution in [0.2, 0.25) is 10.0 Å². The van der Waals surface area contributed by atoms with Crippen LogP contribution in [0.3, 0.4) is 0 Å². The smallest absolute Gasteiger partial charge is 0.130 e. The fourth-order valence-electron chi connectivity index (χ4n) is 4.04. The lowest BCUT2D eigenvalue weighted by molar-refractivity contribution is 0.166. The number of hydrogen-bond acceptors (Lipinski definition) is 3. The average Bonchev–Trinajstić information content (AvgIpc) is 2.62. The number of likely N-dealkylation sites (N-methyl/N-ethyl adjacent to an activating group) is 1. The molecule has 2 aromatic carbocycles. The molecule has 3 atom stereocenters. The van der Waals surface area contributed by atoms with Gasteiger partial charge in [0.25, 0.3) is 0 Å². The molecule has 0 amide bonds. The Bertz CT molecular complexity index is 800. The van der Waals surface area contributed by atoms with Crippen molar-refractivity contribution >= 4 is 34.4 Å². The first-order valence-electron chi connectivity index (χ1n) is 9.09. The summed E-state index contributed by atoms with van der Waals surface area (Å²) in [4.78, 5) is 2.20. The molecule has 146 valence electrons. The van der Waals surface area contributed by atoms with Crippen LogP contribution in [-0.2, 0) is 16.9 Å². The van der Waals surface area contributed by atoms with E-state index < -0.39 is 11.2 Å². The molecule has 3 nitrogen and oxygen atoms in total. The Hall–Kier alpha value is -0.750.